The molecule has 1 heterocycles. The predicted octanol–water partition coefficient (Wildman–Crippen LogP) is 1.57. The summed E-state index contributed by atoms with van der Waals surface area (Å²) in [6.45, 7) is 1.03. The molecule has 0 aromatic heterocycles. The van der Waals surface area contributed by atoms with Gasteiger partial charge >= 0.3 is 0 Å². The second-order valence-electron chi connectivity index (χ2n) is 3.86. The lowest BCUT2D eigenvalue weighted by atomic mass is 10.2. The molecular formula is C10H13BrN2O2S. The first kappa shape index (κ1) is 11.9. The SMILES string of the molecule is Nc1cc(CN2CCCS2(=O)=O)ccc1Br. The number of hydrogen-bond acceptors (Lipinski definition) is 3. The van der Waals surface area contributed by atoms with E-state index in [1.165, 1.54) is 4.31 Å². The quantitative estimate of drug-likeness (QED) is 0.844. The summed E-state index contributed by atoms with van der Waals surface area (Å²) < 4.78 is 25.6. The van der Waals surface area contributed by atoms with Crippen molar-refractivity contribution < 1.29 is 8.42 Å². The topological polar surface area (TPSA) is 63.4 Å². The van der Waals surface area contributed by atoms with Crippen molar-refractivity contribution in [3.63, 3.8) is 0 Å². The van der Waals surface area contributed by atoms with Crippen LogP contribution in [0.25, 0.3) is 0 Å². The Kier molecular flexibility index (Phi) is 3.23. The van der Waals surface area contributed by atoms with Gasteiger partial charge in [-0.25, -0.2) is 8.42 Å². The molecule has 16 heavy (non-hydrogen) atoms. The minimum atomic E-state index is -3.03. The molecule has 1 aliphatic heterocycles. The third-order valence-electron chi connectivity index (χ3n) is 2.62. The number of anilines is 1. The molecule has 0 amide bonds. The van der Waals surface area contributed by atoms with Crippen LogP contribution in [-0.4, -0.2) is 25.0 Å². The minimum absolute atomic E-state index is 0.263. The lowest BCUT2D eigenvalue weighted by molar-refractivity contribution is 0.440. The fraction of sp³-hybridized carbons (Fsp3) is 0.400. The zero-order chi connectivity index (χ0) is 11.8. The van der Waals surface area contributed by atoms with Gasteiger partial charge in [0.05, 0.1) is 5.75 Å². The standard InChI is InChI=1S/C10H13BrN2O2S/c11-9-3-2-8(6-10(9)12)7-13-4-1-5-16(13,14)15/h2-3,6H,1,4-5,7,12H2. The van der Waals surface area contributed by atoms with Gasteiger partial charge in [-0.2, -0.15) is 4.31 Å². The summed E-state index contributed by atoms with van der Waals surface area (Å²) in [5.74, 6) is 0.263. The number of nitrogens with zero attached hydrogens (tertiary/aromatic N) is 1. The lowest BCUT2D eigenvalue weighted by Gasteiger charge is -2.14. The zero-order valence-corrected chi connectivity index (χ0v) is 11.1. The van der Waals surface area contributed by atoms with Crippen LogP contribution in [0.2, 0.25) is 0 Å². The van der Waals surface area contributed by atoms with E-state index in [0.717, 1.165) is 10.0 Å². The van der Waals surface area contributed by atoms with E-state index in [1.807, 2.05) is 12.1 Å². The third-order valence-corrected chi connectivity index (χ3v) is 5.25. The van der Waals surface area contributed by atoms with Gasteiger partial charge in [-0.05, 0) is 40.0 Å². The molecule has 0 bridgehead atoms. The fourth-order valence-electron chi connectivity index (χ4n) is 1.76. The van der Waals surface area contributed by atoms with E-state index in [0.29, 0.717) is 25.2 Å². The van der Waals surface area contributed by atoms with E-state index in [4.69, 9.17) is 5.73 Å². The summed E-state index contributed by atoms with van der Waals surface area (Å²) in [6, 6.07) is 5.53. The van der Waals surface area contributed by atoms with Gasteiger partial charge < -0.3 is 5.73 Å². The first-order valence-electron chi connectivity index (χ1n) is 5.01. The van der Waals surface area contributed by atoms with Crippen LogP contribution in [0.3, 0.4) is 0 Å². The molecule has 88 valence electrons. The van der Waals surface area contributed by atoms with Crippen LogP contribution in [0.4, 0.5) is 5.69 Å². The van der Waals surface area contributed by atoms with Crippen LogP contribution in [0.15, 0.2) is 22.7 Å². The molecule has 2 N–H and O–H groups in total. The lowest BCUT2D eigenvalue weighted by Crippen LogP contribution is -2.25. The molecular weight excluding hydrogens is 292 g/mol. The number of nitrogens with two attached hydrogens (primary N) is 1. The molecule has 0 unspecified atom stereocenters. The Morgan fingerprint density at radius 2 is 2.19 bits per heavy atom. The van der Waals surface area contributed by atoms with Crippen LogP contribution in [0, 0.1) is 0 Å². The maximum absolute atomic E-state index is 11.6. The first-order valence-corrected chi connectivity index (χ1v) is 7.41. The number of hydrogen-bond donors (Lipinski definition) is 1. The monoisotopic (exact) mass is 304 g/mol. The number of benzene rings is 1. The average molecular weight is 305 g/mol. The van der Waals surface area contributed by atoms with Crippen molar-refractivity contribution in [2.75, 3.05) is 18.0 Å². The molecule has 1 aromatic rings. The van der Waals surface area contributed by atoms with Crippen molar-refractivity contribution in [3.8, 4) is 0 Å². The number of rotatable bonds is 2. The van der Waals surface area contributed by atoms with Crippen molar-refractivity contribution in [2.24, 2.45) is 0 Å². The normalized spacial score (nSPS) is 20.1. The van der Waals surface area contributed by atoms with Crippen molar-refractivity contribution >= 4 is 31.6 Å². The minimum Gasteiger partial charge on any atom is -0.398 e. The smallest absolute Gasteiger partial charge is 0.214 e. The number of nitrogen functional groups attached to an aromatic ring is 1. The van der Waals surface area contributed by atoms with Gasteiger partial charge in [-0.15, -0.1) is 0 Å². The van der Waals surface area contributed by atoms with Crippen LogP contribution in [0.1, 0.15) is 12.0 Å². The van der Waals surface area contributed by atoms with Crippen LogP contribution in [0.5, 0.6) is 0 Å². The number of halogens is 1. The Morgan fingerprint density at radius 3 is 2.75 bits per heavy atom. The van der Waals surface area contributed by atoms with Crippen molar-refractivity contribution in [3.05, 3.63) is 28.2 Å². The molecule has 0 spiro atoms. The molecule has 0 atom stereocenters. The van der Waals surface area contributed by atoms with E-state index in [2.05, 4.69) is 15.9 Å². The van der Waals surface area contributed by atoms with Gasteiger partial charge in [0, 0.05) is 23.2 Å². The van der Waals surface area contributed by atoms with E-state index >= 15 is 0 Å². The molecule has 1 aromatic carbocycles. The zero-order valence-electron chi connectivity index (χ0n) is 8.69. The second kappa shape index (κ2) is 4.35. The van der Waals surface area contributed by atoms with Crippen LogP contribution in [-0.2, 0) is 16.6 Å². The summed E-state index contributed by atoms with van der Waals surface area (Å²) in [6.07, 6.45) is 0.717. The Hall–Kier alpha value is -0.590. The summed E-state index contributed by atoms with van der Waals surface area (Å²) in [4.78, 5) is 0. The molecule has 1 fully saturated rings. The predicted molar refractivity (Wildman–Crippen MR) is 67.4 cm³/mol. The third kappa shape index (κ3) is 2.39. The molecule has 4 nitrogen and oxygen atoms in total. The van der Waals surface area contributed by atoms with E-state index in [1.54, 1.807) is 6.07 Å². The Morgan fingerprint density at radius 1 is 1.44 bits per heavy atom. The van der Waals surface area contributed by atoms with Gasteiger partial charge in [0.15, 0.2) is 0 Å². The fourth-order valence-corrected chi connectivity index (χ4v) is 3.52. The van der Waals surface area contributed by atoms with Gasteiger partial charge in [0.2, 0.25) is 10.0 Å². The van der Waals surface area contributed by atoms with Crippen molar-refractivity contribution in [1.29, 1.82) is 0 Å². The highest BCUT2D eigenvalue weighted by Gasteiger charge is 2.27. The van der Waals surface area contributed by atoms with Crippen molar-refractivity contribution in [1.82, 2.24) is 4.31 Å². The van der Waals surface area contributed by atoms with E-state index in [9.17, 15) is 8.42 Å². The summed E-state index contributed by atoms with van der Waals surface area (Å²) in [5, 5.41) is 0. The maximum atomic E-state index is 11.6. The average Bonchev–Trinajstić information content (AvgIpc) is 2.52. The van der Waals surface area contributed by atoms with E-state index in [-0.39, 0.29) is 5.75 Å². The Balaban J connectivity index is 2.18. The Bertz CT molecular complexity index is 502. The van der Waals surface area contributed by atoms with Gasteiger partial charge in [-0.3, -0.25) is 0 Å². The Labute approximate surface area is 104 Å². The van der Waals surface area contributed by atoms with Crippen molar-refractivity contribution in [2.45, 2.75) is 13.0 Å². The highest BCUT2D eigenvalue weighted by molar-refractivity contribution is 9.10. The summed E-state index contributed by atoms with van der Waals surface area (Å²) >= 11 is 3.31. The molecule has 1 saturated heterocycles. The second-order valence-corrected chi connectivity index (χ2v) is 6.80. The molecule has 2 rings (SSSR count). The molecule has 0 radical (unpaired) electrons. The van der Waals surface area contributed by atoms with Crippen LogP contribution < -0.4 is 5.73 Å². The summed E-state index contributed by atoms with van der Waals surface area (Å²) in [7, 11) is -3.03. The highest BCUT2D eigenvalue weighted by Crippen LogP contribution is 2.23. The van der Waals surface area contributed by atoms with Gasteiger partial charge in [-0.1, -0.05) is 6.07 Å². The first-order chi connectivity index (χ1) is 7.49. The van der Waals surface area contributed by atoms with Crippen LogP contribution >= 0.6 is 15.9 Å². The molecule has 1 aliphatic rings. The largest absolute Gasteiger partial charge is 0.398 e. The highest BCUT2D eigenvalue weighted by atomic mass is 79.9. The van der Waals surface area contributed by atoms with E-state index < -0.39 is 10.0 Å². The molecule has 0 saturated carbocycles. The summed E-state index contributed by atoms with van der Waals surface area (Å²) in [5.41, 5.74) is 7.30. The van der Waals surface area contributed by atoms with Gasteiger partial charge in [0.1, 0.15) is 0 Å². The molecule has 0 aliphatic carbocycles. The number of sulfonamides is 1. The maximum Gasteiger partial charge on any atom is 0.214 e. The van der Waals surface area contributed by atoms with Gasteiger partial charge in [0.25, 0.3) is 0 Å². The molecule has 6 heteroatoms.